The van der Waals surface area contributed by atoms with Crippen LogP contribution in [0.2, 0.25) is 5.02 Å². The third-order valence-corrected chi connectivity index (χ3v) is 1.62. The molecule has 4 heteroatoms. The Morgan fingerprint density at radius 2 is 2.00 bits per heavy atom. The summed E-state index contributed by atoms with van der Waals surface area (Å²) >= 11 is 5.62. The highest BCUT2D eigenvalue weighted by Crippen LogP contribution is 2.07. The molecule has 1 aromatic heterocycles. The lowest BCUT2D eigenvalue weighted by Gasteiger charge is -2.12. The van der Waals surface area contributed by atoms with Gasteiger partial charge >= 0.3 is 0 Å². The average Bonchev–Trinajstić information content (AvgIpc) is 2.05. The monoisotopic (exact) mass is 171 g/mol. The predicted molar refractivity (Wildman–Crippen MR) is 46.0 cm³/mol. The second-order valence-electron chi connectivity index (χ2n) is 2.22. The molecule has 60 valence electrons. The molecule has 1 rings (SSSR count). The zero-order valence-electron chi connectivity index (χ0n) is 6.58. The van der Waals surface area contributed by atoms with Gasteiger partial charge in [0.1, 0.15) is 0 Å². The molecule has 0 unspecified atom stereocenters. The molecule has 0 aliphatic carbocycles. The smallest absolute Gasteiger partial charge is 0.225 e. The van der Waals surface area contributed by atoms with E-state index < -0.39 is 0 Å². The van der Waals surface area contributed by atoms with Crippen molar-refractivity contribution in [2.24, 2.45) is 0 Å². The Morgan fingerprint density at radius 3 is 2.45 bits per heavy atom. The van der Waals surface area contributed by atoms with Crippen molar-refractivity contribution < 1.29 is 0 Å². The highest BCUT2D eigenvalue weighted by Gasteiger charge is 1.99. The molecule has 0 saturated heterocycles. The molecular weight excluding hydrogens is 162 g/mol. The molecule has 0 fully saturated rings. The van der Waals surface area contributed by atoms with Gasteiger partial charge in [-0.2, -0.15) is 0 Å². The third-order valence-electron chi connectivity index (χ3n) is 1.42. The standard InChI is InChI=1S/C7H10ClN3/c1-3-11(2)7-9-4-6(8)5-10-7/h4-5H,3H2,1-2H3. The first kappa shape index (κ1) is 8.27. The molecule has 0 aliphatic rings. The zero-order valence-corrected chi connectivity index (χ0v) is 7.34. The van der Waals surface area contributed by atoms with Crippen molar-refractivity contribution in [2.75, 3.05) is 18.5 Å². The second kappa shape index (κ2) is 3.53. The quantitative estimate of drug-likeness (QED) is 0.677. The van der Waals surface area contributed by atoms with Crippen molar-refractivity contribution in [3.8, 4) is 0 Å². The summed E-state index contributed by atoms with van der Waals surface area (Å²) in [5.41, 5.74) is 0. The lowest BCUT2D eigenvalue weighted by molar-refractivity contribution is 0.901. The number of rotatable bonds is 2. The van der Waals surface area contributed by atoms with Crippen LogP contribution in [-0.2, 0) is 0 Å². The van der Waals surface area contributed by atoms with Crippen LogP contribution in [0.4, 0.5) is 5.95 Å². The number of hydrogen-bond acceptors (Lipinski definition) is 3. The molecule has 0 radical (unpaired) electrons. The van der Waals surface area contributed by atoms with Crippen LogP contribution in [-0.4, -0.2) is 23.6 Å². The highest BCUT2D eigenvalue weighted by molar-refractivity contribution is 6.30. The predicted octanol–water partition coefficient (Wildman–Crippen LogP) is 1.59. The number of halogens is 1. The average molecular weight is 172 g/mol. The van der Waals surface area contributed by atoms with Crippen molar-refractivity contribution >= 4 is 17.5 Å². The Kier molecular flexibility index (Phi) is 2.65. The van der Waals surface area contributed by atoms with E-state index in [0.717, 1.165) is 6.54 Å². The maximum atomic E-state index is 5.62. The van der Waals surface area contributed by atoms with Crippen LogP contribution in [0.15, 0.2) is 12.4 Å². The molecule has 1 heterocycles. The lowest BCUT2D eigenvalue weighted by Crippen LogP contribution is -2.18. The van der Waals surface area contributed by atoms with E-state index in [0.29, 0.717) is 11.0 Å². The first-order valence-corrected chi connectivity index (χ1v) is 3.80. The summed E-state index contributed by atoms with van der Waals surface area (Å²) in [5.74, 6) is 0.705. The summed E-state index contributed by atoms with van der Waals surface area (Å²) in [7, 11) is 1.93. The van der Waals surface area contributed by atoms with Crippen molar-refractivity contribution in [3.63, 3.8) is 0 Å². The molecule has 0 aromatic carbocycles. The number of anilines is 1. The van der Waals surface area contributed by atoms with E-state index in [1.807, 2.05) is 18.9 Å². The Hall–Kier alpha value is -0.830. The zero-order chi connectivity index (χ0) is 8.27. The van der Waals surface area contributed by atoms with E-state index in [-0.39, 0.29) is 0 Å². The summed E-state index contributed by atoms with van der Waals surface area (Å²) in [4.78, 5) is 10.0. The first-order valence-electron chi connectivity index (χ1n) is 3.42. The van der Waals surface area contributed by atoms with E-state index in [1.54, 1.807) is 12.4 Å². The number of hydrogen-bond donors (Lipinski definition) is 0. The first-order chi connectivity index (χ1) is 5.24. The van der Waals surface area contributed by atoms with Crippen molar-refractivity contribution in [2.45, 2.75) is 6.92 Å². The van der Waals surface area contributed by atoms with Crippen molar-refractivity contribution in [1.29, 1.82) is 0 Å². The molecule has 1 aromatic rings. The molecule has 3 nitrogen and oxygen atoms in total. The fraction of sp³-hybridized carbons (Fsp3) is 0.429. The fourth-order valence-corrected chi connectivity index (χ4v) is 0.742. The van der Waals surface area contributed by atoms with Gasteiger partial charge in [0.2, 0.25) is 5.95 Å². The van der Waals surface area contributed by atoms with E-state index in [9.17, 15) is 0 Å². The minimum Gasteiger partial charge on any atom is -0.344 e. The maximum Gasteiger partial charge on any atom is 0.225 e. The molecule has 0 amide bonds. The van der Waals surface area contributed by atoms with Gasteiger partial charge < -0.3 is 4.90 Å². The van der Waals surface area contributed by atoms with Gasteiger partial charge in [0.15, 0.2) is 0 Å². The van der Waals surface area contributed by atoms with Gasteiger partial charge in [0.05, 0.1) is 17.4 Å². The summed E-state index contributed by atoms with van der Waals surface area (Å²) in [6.45, 7) is 2.93. The Balaban J connectivity index is 2.81. The van der Waals surface area contributed by atoms with Crippen LogP contribution < -0.4 is 4.90 Å². The van der Waals surface area contributed by atoms with Crippen molar-refractivity contribution in [3.05, 3.63) is 17.4 Å². The lowest BCUT2D eigenvalue weighted by atomic mass is 10.6. The van der Waals surface area contributed by atoms with Gasteiger partial charge in [-0.15, -0.1) is 0 Å². The minimum absolute atomic E-state index is 0.568. The van der Waals surface area contributed by atoms with Gasteiger partial charge in [-0.05, 0) is 6.92 Å². The van der Waals surface area contributed by atoms with Gasteiger partial charge in [-0.25, -0.2) is 9.97 Å². The van der Waals surface area contributed by atoms with Gasteiger partial charge in [0.25, 0.3) is 0 Å². The summed E-state index contributed by atoms with van der Waals surface area (Å²) < 4.78 is 0. The van der Waals surface area contributed by atoms with Crippen LogP contribution in [0.1, 0.15) is 6.92 Å². The number of aromatic nitrogens is 2. The normalized spacial score (nSPS) is 9.73. The topological polar surface area (TPSA) is 29.0 Å². The third kappa shape index (κ3) is 2.05. The molecule has 0 bridgehead atoms. The van der Waals surface area contributed by atoms with Gasteiger partial charge in [0, 0.05) is 13.6 Å². The summed E-state index contributed by atoms with van der Waals surface area (Å²) in [5, 5.41) is 0.568. The van der Waals surface area contributed by atoms with Crippen LogP contribution in [0, 0.1) is 0 Å². The minimum atomic E-state index is 0.568. The maximum absolute atomic E-state index is 5.62. The highest BCUT2D eigenvalue weighted by atomic mass is 35.5. The number of nitrogens with zero attached hydrogens (tertiary/aromatic N) is 3. The molecule has 11 heavy (non-hydrogen) atoms. The molecule has 0 aliphatic heterocycles. The van der Waals surface area contributed by atoms with E-state index >= 15 is 0 Å². The van der Waals surface area contributed by atoms with E-state index in [1.165, 1.54) is 0 Å². The fourth-order valence-electron chi connectivity index (χ4n) is 0.644. The van der Waals surface area contributed by atoms with Gasteiger partial charge in [-0.1, -0.05) is 11.6 Å². The van der Waals surface area contributed by atoms with Crippen LogP contribution in [0.3, 0.4) is 0 Å². The Bertz CT molecular complexity index is 222. The SMILES string of the molecule is CCN(C)c1ncc(Cl)cn1. The van der Waals surface area contributed by atoms with Crippen LogP contribution >= 0.6 is 11.6 Å². The molecular formula is C7H10ClN3. The van der Waals surface area contributed by atoms with Crippen molar-refractivity contribution in [1.82, 2.24) is 9.97 Å². The molecule has 0 spiro atoms. The van der Waals surface area contributed by atoms with Crippen LogP contribution in [0.25, 0.3) is 0 Å². The Labute approximate surface area is 71.0 Å². The second-order valence-corrected chi connectivity index (χ2v) is 2.65. The molecule has 0 atom stereocenters. The van der Waals surface area contributed by atoms with E-state index in [2.05, 4.69) is 9.97 Å². The van der Waals surface area contributed by atoms with Gasteiger partial charge in [-0.3, -0.25) is 0 Å². The molecule has 0 N–H and O–H groups in total. The van der Waals surface area contributed by atoms with Crippen LogP contribution in [0.5, 0.6) is 0 Å². The summed E-state index contributed by atoms with van der Waals surface area (Å²) in [6.07, 6.45) is 3.19. The van der Waals surface area contributed by atoms with E-state index in [4.69, 9.17) is 11.6 Å². The largest absolute Gasteiger partial charge is 0.344 e. The Morgan fingerprint density at radius 1 is 1.45 bits per heavy atom. The summed E-state index contributed by atoms with van der Waals surface area (Å²) in [6, 6.07) is 0. The molecule has 0 saturated carbocycles.